The highest BCUT2D eigenvalue weighted by Crippen LogP contribution is 2.31. The van der Waals surface area contributed by atoms with Crippen LogP contribution in [0.3, 0.4) is 0 Å². The van der Waals surface area contributed by atoms with E-state index in [1.165, 1.54) is 24.5 Å². The molecule has 0 fully saturated rings. The second-order valence-electron chi connectivity index (χ2n) is 6.31. The van der Waals surface area contributed by atoms with Crippen molar-refractivity contribution in [1.82, 2.24) is 9.78 Å². The number of anilines is 1. The number of rotatable bonds is 6. The molecule has 4 rings (SSSR count). The molecule has 11 heteroatoms. The van der Waals surface area contributed by atoms with Crippen molar-refractivity contribution in [3.8, 4) is 11.5 Å². The number of nitrogens with one attached hydrogen (secondary N) is 1. The van der Waals surface area contributed by atoms with Gasteiger partial charge in [0.15, 0.2) is 17.6 Å². The Morgan fingerprint density at radius 1 is 1.17 bits per heavy atom. The first kappa shape index (κ1) is 18.7. The number of para-hydroxylation sites is 2. The number of sulfonamides is 1. The summed E-state index contributed by atoms with van der Waals surface area (Å²) in [6.07, 6.45) is 2.64. The quantitative estimate of drug-likeness (QED) is 0.483. The Kier molecular flexibility index (Phi) is 4.80. The molecule has 10 nitrogen and oxygen atoms in total. The van der Waals surface area contributed by atoms with Crippen molar-refractivity contribution in [1.29, 1.82) is 0 Å². The Balaban J connectivity index is 1.42. The summed E-state index contributed by atoms with van der Waals surface area (Å²) >= 11 is 0. The molecule has 0 saturated heterocycles. The Morgan fingerprint density at radius 2 is 1.90 bits per heavy atom. The van der Waals surface area contributed by atoms with Crippen LogP contribution in [0.5, 0.6) is 11.5 Å². The summed E-state index contributed by atoms with van der Waals surface area (Å²) < 4.78 is 40.4. The summed E-state index contributed by atoms with van der Waals surface area (Å²) in [4.78, 5) is 10.0. The van der Waals surface area contributed by atoms with E-state index in [2.05, 4.69) is 9.82 Å². The van der Waals surface area contributed by atoms with Gasteiger partial charge in [0.25, 0.3) is 15.7 Å². The van der Waals surface area contributed by atoms with E-state index in [0.717, 1.165) is 12.1 Å². The third-order valence-electron chi connectivity index (χ3n) is 4.20. The molecule has 0 aliphatic carbocycles. The lowest BCUT2D eigenvalue weighted by molar-refractivity contribution is -0.384. The Hall–Kier alpha value is -3.60. The largest absolute Gasteiger partial charge is 0.486 e. The minimum Gasteiger partial charge on any atom is -0.486 e. The zero-order chi connectivity index (χ0) is 20.4. The maximum atomic E-state index is 12.5. The average molecular weight is 416 g/mol. The molecule has 2 aromatic carbocycles. The molecule has 0 spiro atoms. The predicted octanol–water partition coefficient (Wildman–Crippen LogP) is 2.43. The zero-order valence-corrected chi connectivity index (χ0v) is 15.8. The van der Waals surface area contributed by atoms with Crippen LogP contribution in [0.15, 0.2) is 65.8 Å². The highest BCUT2D eigenvalue weighted by Gasteiger charge is 2.22. The minimum absolute atomic E-state index is 0.0866. The van der Waals surface area contributed by atoms with Gasteiger partial charge in [-0.15, -0.1) is 0 Å². The van der Waals surface area contributed by atoms with Gasteiger partial charge in [0.05, 0.1) is 28.2 Å². The standard InChI is InChI=1S/C18H16N4O6S/c23-22(24)14-5-7-16(8-6-14)29(25,26)20-13-9-19-21(10-13)11-15-12-27-17-3-1-2-4-18(17)28-15/h1-10,15,20H,11-12H2. The second kappa shape index (κ2) is 7.43. The number of nitro groups is 1. The van der Waals surface area contributed by atoms with Gasteiger partial charge in [-0.3, -0.25) is 19.5 Å². The van der Waals surface area contributed by atoms with Gasteiger partial charge in [-0.25, -0.2) is 8.42 Å². The highest BCUT2D eigenvalue weighted by molar-refractivity contribution is 7.92. The number of fused-ring (bicyclic) bond motifs is 1. The fourth-order valence-corrected chi connectivity index (χ4v) is 3.87. The van der Waals surface area contributed by atoms with E-state index < -0.39 is 14.9 Å². The van der Waals surface area contributed by atoms with E-state index in [9.17, 15) is 18.5 Å². The van der Waals surface area contributed by atoms with Crippen molar-refractivity contribution >= 4 is 21.4 Å². The molecule has 3 aromatic rings. The van der Waals surface area contributed by atoms with E-state index in [-0.39, 0.29) is 22.4 Å². The SMILES string of the molecule is O=[N+]([O-])c1ccc(S(=O)(=O)Nc2cnn(CC3COc4ccccc4O3)c2)cc1. The average Bonchev–Trinajstić information content (AvgIpc) is 3.14. The lowest BCUT2D eigenvalue weighted by Crippen LogP contribution is -2.33. The summed E-state index contributed by atoms with van der Waals surface area (Å²) in [6.45, 7) is 0.717. The summed E-state index contributed by atoms with van der Waals surface area (Å²) in [6, 6.07) is 12.0. The molecule has 1 unspecified atom stereocenters. The molecule has 0 saturated carbocycles. The molecular formula is C18H16N4O6S. The normalized spacial score (nSPS) is 15.7. The van der Waals surface area contributed by atoms with E-state index in [1.54, 1.807) is 4.68 Å². The van der Waals surface area contributed by atoms with Crippen molar-refractivity contribution in [3.05, 3.63) is 71.0 Å². The molecule has 1 aliphatic heterocycles. The van der Waals surface area contributed by atoms with Crippen LogP contribution >= 0.6 is 0 Å². The van der Waals surface area contributed by atoms with Gasteiger partial charge in [0.1, 0.15) is 6.61 Å². The number of hydrogen-bond donors (Lipinski definition) is 1. The van der Waals surface area contributed by atoms with Crippen molar-refractivity contribution in [3.63, 3.8) is 0 Å². The van der Waals surface area contributed by atoms with E-state index in [4.69, 9.17) is 9.47 Å². The number of nitro benzene ring substituents is 1. The predicted molar refractivity (Wildman–Crippen MR) is 102 cm³/mol. The molecule has 0 radical (unpaired) electrons. The second-order valence-corrected chi connectivity index (χ2v) is 7.99. The maximum absolute atomic E-state index is 12.5. The fourth-order valence-electron chi connectivity index (χ4n) is 2.84. The molecular weight excluding hydrogens is 400 g/mol. The first-order valence-corrected chi connectivity index (χ1v) is 10.1. The van der Waals surface area contributed by atoms with Crippen LogP contribution in [-0.4, -0.2) is 35.8 Å². The fraction of sp³-hybridized carbons (Fsp3) is 0.167. The van der Waals surface area contributed by atoms with Gasteiger partial charge in [-0.05, 0) is 24.3 Å². The van der Waals surface area contributed by atoms with Crippen LogP contribution in [-0.2, 0) is 16.6 Å². The number of aromatic nitrogens is 2. The van der Waals surface area contributed by atoms with Crippen LogP contribution in [0, 0.1) is 10.1 Å². The molecule has 0 amide bonds. The van der Waals surface area contributed by atoms with Crippen LogP contribution in [0.2, 0.25) is 0 Å². The third-order valence-corrected chi connectivity index (χ3v) is 5.60. The first-order valence-electron chi connectivity index (χ1n) is 8.59. The lowest BCUT2D eigenvalue weighted by atomic mass is 10.2. The topological polar surface area (TPSA) is 126 Å². The Bertz CT molecular complexity index is 1140. The number of ether oxygens (including phenoxy) is 2. The Morgan fingerprint density at radius 3 is 2.62 bits per heavy atom. The van der Waals surface area contributed by atoms with Crippen LogP contribution in [0.25, 0.3) is 0 Å². The zero-order valence-electron chi connectivity index (χ0n) is 15.0. The smallest absolute Gasteiger partial charge is 0.269 e. The summed E-state index contributed by atoms with van der Waals surface area (Å²) in [5.74, 6) is 1.33. The number of benzene rings is 2. The lowest BCUT2D eigenvalue weighted by Gasteiger charge is -2.26. The third kappa shape index (κ3) is 4.14. The molecule has 1 atom stereocenters. The molecule has 1 aromatic heterocycles. The molecule has 1 aliphatic rings. The van der Waals surface area contributed by atoms with E-state index in [0.29, 0.717) is 24.7 Å². The van der Waals surface area contributed by atoms with Crippen molar-refractivity contribution in [2.24, 2.45) is 0 Å². The van der Waals surface area contributed by atoms with Gasteiger partial charge >= 0.3 is 0 Å². The molecule has 1 N–H and O–H groups in total. The van der Waals surface area contributed by atoms with Crippen molar-refractivity contribution in [2.75, 3.05) is 11.3 Å². The summed E-state index contributed by atoms with van der Waals surface area (Å²) in [5.41, 5.74) is 0.0773. The monoisotopic (exact) mass is 416 g/mol. The van der Waals surface area contributed by atoms with E-state index in [1.807, 2.05) is 24.3 Å². The van der Waals surface area contributed by atoms with Gasteiger partial charge in [-0.2, -0.15) is 5.10 Å². The molecule has 150 valence electrons. The van der Waals surface area contributed by atoms with Crippen LogP contribution in [0.1, 0.15) is 0 Å². The molecule has 0 bridgehead atoms. The first-order chi connectivity index (χ1) is 13.9. The Labute approximate surface area is 165 Å². The number of nitrogens with zero attached hydrogens (tertiary/aromatic N) is 3. The van der Waals surface area contributed by atoms with Gasteiger partial charge in [-0.1, -0.05) is 12.1 Å². The highest BCUT2D eigenvalue weighted by atomic mass is 32.2. The molecule has 2 heterocycles. The summed E-state index contributed by atoms with van der Waals surface area (Å²) in [7, 11) is -3.90. The minimum atomic E-state index is -3.90. The van der Waals surface area contributed by atoms with Crippen molar-refractivity contribution in [2.45, 2.75) is 17.5 Å². The van der Waals surface area contributed by atoms with Gasteiger partial charge in [0, 0.05) is 18.3 Å². The van der Waals surface area contributed by atoms with E-state index >= 15 is 0 Å². The summed E-state index contributed by atoms with van der Waals surface area (Å²) in [5, 5.41) is 14.8. The van der Waals surface area contributed by atoms with Crippen LogP contribution in [0.4, 0.5) is 11.4 Å². The van der Waals surface area contributed by atoms with Crippen molar-refractivity contribution < 1.29 is 22.8 Å². The molecule has 29 heavy (non-hydrogen) atoms. The maximum Gasteiger partial charge on any atom is 0.269 e. The van der Waals surface area contributed by atoms with Crippen LogP contribution < -0.4 is 14.2 Å². The number of hydrogen-bond acceptors (Lipinski definition) is 7. The van der Waals surface area contributed by atoms with Gasteiger partial charge in [0.2, 0.25) is 0 Å². The van der Waals surface area contributed by atoms with Gasteiger partial charge < -0.3 is 9.47 Å². The number of non-ortho nitro benzene ring substituents is 1.